The second-order valence-corrected chi connectivity index (χ2v) is 4.46. The van der Waals surface area contributed by atoms with Crippen LogP contribution >= 0.6 is 0 Å². The molecule has 0 bridgehead atoms. The van der Waals surface area contributed by atoms with E-state index in [4.69, 9.17) is 5.11 Å². The van der Waals surface area contributed by atoms with Gasteiger partial charge in [0.05, 0.1) is 0 Å². The Bertz CT molecular complexity index is 150. The largest absolute Gasteiger partial charge is 0.396 e. The van der Waals surface area contributed by atoms with Gasteiger partial charge in [-0.25, -0.2) is 0 Å². The third kappa shape index (κ3) is 6.76. The van der Waals surface area contributed by atoms with Crippen molar-refractivity contribution in [3.05, 3.63) is 0 Å². The van der Waals surface area contributed by atoms with Gasteiger partial charge in [-0.2, -0.15) is 0 Å². The molecule has 0 rings (SSSR count). The third-order valence-electron chi connectivity index (χ3n) is 2.27. The first kappa shape index (κ1) is 12.6. The predicted octanol–water partition coefficient (Wildman–Crippen LogP) is 2.54. The molecule has 0 unspecified atom stereocenters. The van der Waals surface area contributed by atoms with Gasteiger partial charge in [-0.05, 0) is 24.7 Å². The minimum atomic E-state index is -0.0213. The SMILES string of the molecule is CCCC(=O)CCCC(C)(C)CO. The van der Waals surface area contributed by atoms with Crippen LogP contribution in [0, 0.1) is 5.41 Å². The van der Waals surface area contributed by atoms with Crippen molar-refractivity contribution in [3.8, 4) is 0 Å². The fourth-order valence-corrected chi connectivity index (χ4v) is 1.25. The second-order valence-electron chi connectivity index (χ2n) is 4.46. The number of Topliss-reactive ketones (excluding diaryl/α,β-unsaturated/α-hetero) is 1. The lowest BCUT2D eigenvalue weighted by Gasteiger charge is -2.20. The van der Waals surface area contributed by atoms with Crippen molar-refractivity contribution in [2.24, 2.45) is 5.41 Å². The summed E-state index contributed by atoms with van der Waals surface area (Å²) in [5.41, 5.74) is -0.0213. The van der Waals surface area contributed by atoms with Crippen molar-refractivity contribution in [2.75, 3.05) is 6.61 Å². The van der Waals surface area contributed by atoms with Gasteiger partial charge >= 0.3 is 0 Å². The fourth-order valence-electron chi connectivity index (χ4n) is 1.25. The van der Waals surface area contributed by atoms with E-state index in [-0.39, 0.29) is 12.0 Å². The molecule has 0 atom stereocenters. The monoisotopic (exact) mass is 186 g/mol. The Balaban J connectivity index is 3.50. The molecule has 0 aliphatic rings. The number of hydrogen-bond donors (Lipinski definition) is 1. The molecule has 0 aliphatic carbocycles. The standard InChI is InChI=1S/C11H22O2/c1-4-6-10(13)7-5-8-11(2,3)9-12/h12H,4-9H2,1-3H3. The van der Waals surface area contributed by atoms with Gasteiger partial charge in [-0.15, -0.1) is 0 Å². The van der Waals surface area contributed by atoms with E-state index < -0.39 is 0 Å². The maximum atomic E-state index is 11.2. The van der Waals surface area contributed by atoms with Crippen molar-refractivity contribution in [2.45, 2.75) is 52.9 Å². The number of hydrogen-bond acceptors (Lipinski definition) is 2. The van der Waals surface area contributed by atoms with Crippen LogP contribution in [-0.4, -0.2) is 17.5 Å². The van der Waals surface area contributed by atoms with Crippen LogP contribution in [0.5, 0.6) is 0 Å². The maximum absolute atomic E-state index is 11.2. The van der Waals surface area contributed by atoms with Crippen LogP contribution in [0.4, 0.5) is 0 Å². The summed E-state index contributed by atoms with van der Waals surface area (Å²) in [7, 11) is 0. The van der Waals surface area contributed by atoms with Crippen LogP contribution < -0.4 is 0 Å². The minimum Gasteiger partial charge on any atom is -0.396 e. The van der Waals surface area contributed by atoms with Crippen molar-refractivity contribution in [3.63, 3.8) is 0 Å². The zero-order chi connectivity index (χ0) is 10.3. The summed E-state index contributed by atoms with van der Waals surface area (Å²) in [6.07, 6.45) is 4.17. The maximum Gasteiger partial charge on any atom is 0.132 e. The number of rotatable bonds is 7. The lowest BCUT2D eigenvalue weighted by molar-refractivity contribution is -0.119. The zero-order valence-electron chi connectivity index (χ0n) is 9.10. The van der Waals surface area contributed by atoms with Gasteiger partial charge in [-0.3, -0.25) is 4.79 Å². The van der Waals surface area contributed by atoms with Crippen LogP contribution in [0.2, 0.25) is 0 Å². The smallest absolute Gasteiger partial charge is 0.132 e. The molecular formula is C11H22O2. The van der Waals surface area contributed by atoms with Crippen LogP contribution in [-0.2, 0) is 4.79 Å². The van der Waals surface area contributed by atoms with Gasteiger partial charge in [-0.1, -0.05) is 20.8 Å². The minimum absolute atomic E-state index is 0.0213. The van der Waals surface area contributed by atoms with E-state index in [9.17, 15) is 4.79 Å². The van der Waals surface area contributed by atoms with E-state index in [0.717, 1.165) is 19.3 Å². The summed E-state index contributed by atoms with van der Waals surface area (Å²) in [6, 6.07) is 0. The van der Waals surface area contributed by atoms with Gasteiger partial charge in [0, 0.05) is 19.4 Å². The first-order valence-electron chi connectivity index (χ1n) is 5.14. The molecule has 2 nitrogen and oxygen atoms in total. The topological polar surface area (TPSA) is 37.3 Å². The van der Waals surface area contributed by atoms with Gasteiger partial charge in [0.15, 0.2) is 0 Å². The van der Waals surface area contributed by atoms with Crippen molar-refractivity contribution >= 4 is 5.78 Å². The van der Waals surface area contributed by atoms with Gasteiger partial charge in [0.2, 0.25) is 0 Å². The summed E-state index contributed by atoms with van der Waals surface area (Å²) >= 11 is 0. The van der Waals surface area contributed by atoms with Crippen LogP contribution in [0.15, 0.2) is 0 Å². The van der Waals surface area contributed by atoms with Crippen LogP contribution in [0.3, 0.4) is 0 Å². The lowest BCUT2D eigenvalue weighted by Crippen LogP contribution is -2.16. The molecule has 13 heavy (non-hydrogen) atoms. The van der Waals surface area contributed by atoms with E-state index in [2.05, 4.69) is 0 Å². The third-order valence-corrected chi connectivity index (χ3v) is 2.27. The van der Waals surface area contributed by atoms with E-state index >= 15 is 0 Å². The molecule has 0 saturated heterocycles. The molecule has 0 radical (unpaired) electrons. The molecule has 78 valence electrons. The van der Waals surface area contributed by atoms with Crippen LogP contribution in [0.25, 0.3) is 0 Å². The number of aliphatic hydroxyl groups is 1. The summed E-state index contributed by atoms with van der Waals surface area (Å²) < 4.78 is 0. The molecule has 0 heterocycles. The Kier molecular flexibility index (Phi) is 5.97. The van der Waals surface area contributed by atoms with E-state index in [1.807, 2.05) is 20.8 Å². The number of carbonyl (C=O) groups is 1. The first-order chi connectivity index (χ1) is 6.02. The Morgan fingerprint density at radius 2 is 1.92 bits per heavy atom. The fraction of sp³-hybridized carbons (Fsp3) is 0.909. The van der Waals surface area contributed by atoms with E-state index in [1.165, 1.54) is 0 Å². The normalized spacial score (nSPS) is 11.7. The molecule has 0 spiro atoms. The highest BCUT2D eigenvalue weighted by molar-refractivity contribution is 5.78. The highest BCUT2D eigenvalue weighted by atomic mass is 16.3. The molecule has 0 aromatic carbocycles. The molecule has 2 heteroatoms. The summed E-state index contributed by atoms with van der Waals surface area (Å²) in [5, 5.41) is 8.98. The zero-order valence-corrected chi connectivity index (χ0v) is 9.10. The highest BCUT2D eigenvalue weighted by Gasteiger charge is 2.16. The predicted molar refractivity (Wildman–Crippen MR) is 54.6 cm³/mol. The molecule has 0 saturated carbocycles. The van der Waals surface area contributed by atoms with E-state index in [0.29, 0.717) is 18.6 Å². The average Bonchev–Trinajstić information content (AvgIpc) is 2.05. The first-order valence-corrected chi connectivity index (χ1v) is 5.14. The van der Waals surface area contributed by atoms with Crippen molar-refractivity contribution in [1.29, 1.82) is 0 Å². The quantitative estimate of drug-likeness (QED) is 0.663. The van der Waals surface area contributed by atoms with Crippen molar-refractivity contribution < 1.29 is 9.90 Å². The molecule has 0 aromatic heterocycles. The van der Waals surface area contributed by atoms with E-state index in [1.54, 1.807) is 0 Å². The molecule has 0 fully saturated rings. The van der Waals surface area contributed by atoms with Gasteiger partial charge < -0.3 is 5.11 Å². The Hall–Kier alpha value is -0.370. The summed E-state index contributed by atoms with van der Waals surface area (Å²) in [5.74, 6) is 0.358. The average molecular weight is 186 g/mol. The van der Waals surface area contributed by atoms with Gasteiger partial charge in [0.1, 0.15) is 5.78 Å². The van der Waals surface area contributed by atoms with Crippen molar-refractivity contribution in [1.82, 2.24) is 0 Å². The Morgan fingerprint density at radius 3 is 2.38 bits per heavy atom. The van der Waals surface area contributed by atoms with Gasteiger partial charge in [0.25, 0.3) is 0 Å². The highest BCUT2D eigenvalue weighted by Crippen LogP contribution is 2.22. The lowest BCUT2D eigenvalue weighted by atomic mass is 9.88. The Labute approximate surface area is 81.3 Å². The molecule has 0 aliphatic heterocycles. The number of carbonyl (C=O) groups excluding carboxylic acids is 1. The molecule has 0 aromatic rings. The molecule has 1 N–H and O–H groups in total. The summed E-state index contributed by atoms with van der Waals surface area (Å²) in [6.45, 7) is 6.28. The number of ketones is 1. The molecular weight excluding hydrogens is 164 g/mol. The summed E-state index contributed by atoms with van der Waals surface area (Å²) in [4.78, 5) is 11.2. The second kappa shape index (κ2) is 6.14. The number of aliphatic hydroxyl groups excluding tert-OH is 1. The molecule has 0 amide bonds. The Morgan fingerprint density at radius 1 is 1.31 bits per heavy atom. The van der Waals surface area contributed by atoms with Crippen LogP contribution in [0.1, 0.15) is 52.9 Å².